The number of aryl methyl sites for hydroxylation is 1. The average Bonchev–Trinajstić information content (AvgIpc) is 2.64. The van der Waals surface area contributed by atoms with Gasteiger partial charge < -0.3 is 16.0 Å². The molecular formula is C20H26N4O. The summed E-state index contributed by atoms with van der Waals surface area (Å²) in [4.78, 5) is 16.5. The molecule has 0 radical (unpaired) electrons. The van der Waals surface area contributed by atoms with Crippen molar-refractivity contribution in [1.82, 2.24) is 10.3 Å². The quantitative estimate of drug-likeness (QED) is 0.730. The van der Waals surface area contributed by atoms with Crippen molar-refractivity contribution in [3.05, 3.63) is 48.2 Å². The number of rotatable bonds is 5. The summed E-state index contributed by atoms with van der Waals surface area (Å²) in [5, 5.41) is 9.24. The Kier molecular flexibility index (Phi) is 5.88. The number of amides is 2. The minimum atomic E-state index is -0.147. The summed E-state index contributed by atoms with van der Waals surface area (Å²) in [7, 11) is 0. The molecule has 2 amide bonds. The van der Waals surface area contributed by atoms with E-state index < -0.39 is 0 Å². The van der Waals surface area contributed by atoms with E-state index in [4.69, 9.17) is 0 Å². The summed E-state index contributed by atoms with van der Waals surface area (Å²) in [6.07, 6.45) is 8.47. The number of hydrogen-bond acceptors (Lipinski definition) is 3. The Balaban J connectivity index is 1.55. The first-order valence-corrected chi connectivity index (χ1v) is 9.13. The summed E-state index contributed by atoms with van der Waals surface area (Å²) in [6, 6.07) is 12.1. The van der Waals surface area contributed by atoms with Gasteiger partial charge in [-0.25, -0.2) is 9.78 Å². The smallest absolute Gasteiger partial charge is 0.319 e. The lowest BCUT2D eigenvalue weighted by atomic mass is 9.96. The minimum Gasteiger partial charge on any atom is -0.340 e. The van der Waals surface area contributed by atoms with Gasteiger partial charge in [-0.1, -0.05) is 44.4 Å². The number of nitrogens with one attached hydrogen (secondary N) is 3. The van der Waals surface area contributed by atoms with E-state index in [-0.39, 0.29) is 6.03 Å². The summed E-state index contributed by atoms with van der Waals surface area (Å²) in [6.45, 7) is 2.13. The fraction of sp³-hybridized carbons (Fsp3) is 0.400. The van der Waals surface area contributed by atoms with Gasteiger partial charge in [0.25, 0.3) is 0 Å². The Morgan fingerprint density at radius 3 is 2.64 bits per heavy atom. The number of carbonyl (C=O) groups excluding carboxylic acids is 1. The van der Waals surface area contributed by atoms with Gasteiger partial charge in [-0.2, -0.15) is 0 Å². The van der Waals surface area contributed by atoms with Crippen molar-refractivity contribution < 1.29 is 4.79 Å². The lowest BCUT2D eigenvalue weighted by Crippen LogP contribution is -2.39. The predicted octanol–water partition coefficient (Wildman–Crippen LogP) is 4.84. The van der Waals surface area contributed by atoms with Crippen LogP contribution < -0.4 is 16.0 Å². The maximum absolute atomic E-state index is 12.1. The van der Waals surface area contributed by atoms with Gasteiger partial charge in [0.2, 0.25) is 0 Å². The highest BCUT2D eigenvalue weighted by Crippen LogP contribution is 2.21. The molecule has 3 N–H and O–H groups in total. The number of benzene rings is 1. The molecule has 0 saturated heterocycles. The molecule has 0 bridgehead atoms. The molecular weight excluding hydrogens is 312 g/mol. The van der Waals surface area contributed by atoms with Crippen LogP contribution in [-0.2, 0) is 6.42 Å². The normalized spacial score (nSPS) is 14.8. The molecule has 1 aromatic carbocycles. The van der Waals surface area contributed by atoms with Crippen LogP contribution >= 0.6 is 0 Å². The Labute approximate surface area is 149 Å². The molecule has 2 aromatic rings. The molecule has 1 aromatic heterocycles. The number of nitrogens with zero attached hydrogens (tertiary/aromatic N) is 1. The van der Waals surface area contributed by atoms with Crippen molar-refractivity contribution in [2.75, 3.05) is 10.6 Å². The Morgan fingerprint density at radius 2 is 1.92 bits per heavy atom. The van der Waals surface area contributed by atoms with Crippen molar-refractivity contribution in [1.29, 1.82) is 0 Å². The largest absolute Gasteiger partial charge is 0.340 e. The third kappa shape index (κ3) is 4.95. The van der Waals surface area contributed by atoms with Crippen LogP contribution in [0.25, 0.3) is 0 Å². The predicted molar refractivity (Wildman–Crippen MR) is 102 cm³/mol. The highest BCUT2D eigenvalue weighted by atomic mass is 16.2. The maximum Gasteiger partial charge on any atom is 0.319 e. The summed E-state index contributed by atoms with van der Waals surface area (Å²) < 4.78 is 0. The van der Waals surface area contributed by atoms with Gasteiger partial charge in [-0.3, -0.25) is 0 Å². The Morgan fingerprint density at radius 1 is 1.12 bits per heavy atom. The highest BCUT2D eigenvalue weighted by molar-refractivity contribution is 5.89. The topological polar surface area (TPSA) is 66.0 Å². The first-order chi connectivity index (χ1) is 12.2. The second-order valence-corrected chi connectivity index (χ2v) is 6.50. The van der Waals surface area contributed by atoms with Gasteiger partial charge in [0.15, 0.2) is 0 Å². The second-order valence-electron chi connectivity index (χ2n) is 6.50. The first-order valence-electron chi connectivity index (χ1n) is 9.13. The summed E-state index contributed by atoms with van der Waals surface area (Å²) in [5.74, 6) is 0.763. The molecule has 0 unspecified atom stereocenters. The monoisotopic (exact) mass is 338 g/mol. The molecule has 1 heterocycles. The van der Waals surface area contributed by atoms with Gasteiger partial charge in [0.05, 0.1) is 11.9 Å². The molecule has 3 rings (SSSR count). The van der Waals surface area contributed by atoms with Gasteiger partial charge in [-0.05, 0) is 43.0 Å². The lowest BCUT2D eigenvalue weighted by molar-refractivity contribution is 0.244. The zero-order valence-electron chi connectivity index (χ0n) is 14.7. The van der Waals surface area contributed by atoms with E-state index in [1.54, 1.807) is 6.20 Å². The standard InChI is InChI=1S/C20H26N4O/c1-2-15-8-6-7-11-18(15)24-19-13-12-17(14-21-19)23-20(25)22-16-9-4-3-5-10-16/h6-8,11-14,16H,2-5,9-10H2,1H3,(H,21,24)(H2,22,23,25). The van der Waals surface area contributed by atoms with E-state index in [1.165, 1.54) is 24.8 Å². The second kappa shape index (κ2) is 8.51. The number of aromatic nitrogens is 1. The zero-order valence-corrected chi connectivity index (χ0v) is 14.7. The van der Waals surface area contributed by atoms with Crippen molar-refractivity contribution in [3.8, 4) is 0 Å². The number of carbonyl (C=O) groups is 1. The van der Waals surface area contributed by atoms with Crippen molar-refractivity contribution >= 4 is 23.2 Å². The maximum atomic E-state index is 12.1. The zero-order chi connectivity index (χ0) is 17.5. The lowest BCUT2D eigenvalue weighted by Gasteiger charge is -2.22. The van der Waals surface area contributed by atoms with Crippen LogP contribution in [0.4, 0.5) is 22.0 Å². The van der Waals surface area contributed by atoms with E-state index >= 15 is 0 Å². The number of para-hydroxylation sites is 1. The van der Waals surface area contributed by atoms with Gasteiger partial charge in [-0.15, -0.1) is 0 Å². The van der Waals surface area contributed by atoms with Crippen LogP contribution in [0.1, 0.15) is 44.6 Å². The molecule has 1 aliphatic rings. The van der Waals surface area contributed by atoms with E-state index in [1.807, 2.05) is 30.3 Å². The molecule has 5 heteroatoms. The van der Waals surface area contributed by atoms with Gasteiger partial charge in [0.1, 0.15) is 5.82 Å². The van der Waals surface area contributed by atoms with Crippen molar-refractivity contribution in [2.45, 2.75) is 51.5 Å². The number of hydrogen-bond donors (Lipinski definition) is 3. The summed E-state index contributed by atoms with van der Waals surface area (Å²) >= 11 is 0. The molecule has 1 aliphatic carbocycles. The Hall–Kier alpha value is -2.56. The van der Waals surface area contributed by atoms with E-state index in [0.717, 1.165) is 30.8 Å². The van der Waals surface area contributed by atoms with Crippen LogP contribution in [0.3, 0.4) is 0 Å². The van der Waals surface area contributed by atoms with Crippen molar-refractivity contribution in [2.24, 2.45) is 0 Å². The number of urea groups is 1. The molecule has 5 nitrogen and oxygen atoms in total. The van der Waals surface area contributed by atoms with Crippen LogP contribution in [0.5, 0.6) is 0 Å². The average molecular weight is 338 g/mol. The molecule has 0 aliphatic heterocycles. The van der Waals surface area contributed by atoms with Crippen LogP contribution in [0.15, 0.2) is 42.6 Å². The van der Waals surface area contributed by atoms with Gasteiger partial charge >= 0.3 is 6.03 Å². The fourth-order valence-electron chi connectivity index (χ4n) is 3.23. The molecule has 1 saturated carbocycles. The third-order valence-corrected chi connectivity index (χ3v) is 4.62. The van der Waals surface area contributed by atoms with E-state index in [9.17, 15) is 4.79 Å². The van der Waals surface area contributed by atoms with Crippen LogP contribution in [-0.4, -0.2) is 17.1 Å². The minimum absolute atomic E-state index is 0.147. The van der Waals surface area contributed by atoms with E-state index in [2.05, 4.69) is 33.9 Å². The molecule has 25 heavy (non-hydrogen) atoms. The highest BCUT2D eigenvalue weighted by Gasteiger charge is 2.15. The van der Waals surface area contributed by atoms with Gasteiger partial charge in [0, 0.05) is 11.7 Å². The van der Waals surface area contributed by atoms with Crippen LogP contribution in [0.2, 0.25) is 0 Å². The van der Waals surface area contributed by atoms with E-state index in [0.29, 0.717) is 11.7 Å². The Bertz CT molecular complexity index is 693. The number of anilines is 3. The molecule has 132 valence electrons. The molecule has 1 fully saturated rings. The van der Waals surface area contributed by atoms with Crippen molar-refractivity contribution in [3.63, 3.8) is 0 Å². The first kappa shape index (κ1) is 17.3. The number of pyridine rings is 1. The molecule has 0 spiro atoms. The van der Waals surface area contributed by atoms with Crippen LogP contribution in [0, 0.1) is 0 Å². The molecule has 0 atom stereocenters. The fourth-order valence-corrected chi connectivity index (χ4v) is 3.23. The third-order valence-electron chi connectivity index (χ3n) is 4.62. The summed E-state index contributed by atoms with van der Waals surface area (Å²) in [5.41, 5.74) is 3.01. The SMILES string of the molecule is CCc1ccccc1Nc1ccc(NC(=O)NC2CCCCC2)cn1.